The van der Waals surface area contributed by atoms with Gasteiger partial charge in [0.2, 0.25) is 5.91 Å². The van der Waals surface area contributed by atoms with Gasteiger partial charge in [0.25, 0.3) is 5.91 Å². The number of likely N-dealkylation sites (tertiary alicyclic amines) is 1. The number of benzene rings is 1. The number of ether oxygens (including phenoxy) is 2. The average molecular weight is 360 g/mol. The number of rotatable bonds is 6. The van der Waals surface area contributed by atoms with Gasteiger partial charge in [0.1, 0.15) is 5.75 Å². The van der Waals surface area contributed by atoms with Gasteiger partial charge < -0.3 is 19.7 Å². The molecule has 1 saturated heterocycles. The average Bonchev–Trinajstić information content (AvgIpc) is 2.66. The van der Waals surface area contributed by atoms with Gasteiger partial charge in [-0.15, -0.1) is 0 Å². The summed E-state index contributed by atoms with van der Waals surface area (Å²) < 4.78 is 9.64. The molecule has 140 valence electrons. The summed E-state index contributed by atoms with van der Waals surface area (Å²) in [5.74, 6) is 0.438. The molecule has 0 spiro atoms. The van der Waals surface area contributed by atoms with Crippen molar-refractivity contribution in [3.8, 4) is 5.75 Å². The summed E-state index contributed by atoms with van der Waals surface area (Å²) in [6.07, 6.45) is 2.27. The van der Waals surface area contributed by atoms with Gasteiger partial charge in [-0.25, -0.2) is 4.79 Å². The minimum absolute atomic E-state index is 0.0439. The maximum atomic E-state index is 12.2. The standard InChI is InChI=1S/C19H24N2O5/c1-3-17(22)21-11-9-14(10-12-21)13-20-18(23)15-5-7-16(8-6-15)26-19(24)25-4-2/h3,5-8,14H,1,4,9-13H2,2H3,(H,20,23). The highest BCUT2D eigenvalue weighted by Gasteiger charge is 2.21. The summed E-state index contributed by atoms with van der Waals surface area (Å²) in [5, 5.41) is 2.91. The van der Waals surface area contributed by atoms with E-state index < -0.39 is 6.16 Å². The summed E-state index contributed by atoms with van der Waals surface area (Å²) in [5.41, 5.74) is 0.487. The van der Waals surface area contributed by atoms with Crippen molar-refractivity contribution in [1.29, 1.82) is 0 Å². The molecule has 2 amide bonds. The molecule has 7 heteroatoms. The highest BCUT2D eigenvalue weighted by Crippen LogP contribution is 2.17. The monoisotopic (exact) mass is 360 g/mol. The van der Waals surface area contributed by atoms with E-state index in [9.17, 15) is 14.4 Å². The Morgan fingerprint density at radius 3 is 2.46 bits per heavy atom. The second-order valence-electron chi connectivity index (χ2n) is 5.99. The van der Waals surface area contributed by atoms with E-state index in [0.29, 0.717) is 36.9 Å². The van der Waals surface area contributed by atoms with Crippen LogP contribution in [0.2, 0.25) is 0 Å². The second-order valence-corrected chi connectivity index (χ2v) is 5.99. The molecule has 0 unspecified atom stereocenters. The molecule has 1 aliphatic heterocycles. The second kappa shape index (κ2) is 9.60. The minimum atomic E-state index is -0.772. The molecule has 1 aromatic rings. The molecule has 0 aliphatic carbocycles. The first-order valence-electron chi connectivity index (χ1n) is 8.67. The molecule has 1 aliphatic rings. The van der Waals surface area contributed by atoms with E-state index in [1.165, 1.54) is 6.08 Å². The van der Waals surface area contributed by atoms with Crippen LogP contribution < -0.4 is 10.1 Å². The molecule has 0 aromatic heterocycles. The normalized spacial score (nSPS) is 14.4. The molecule has 0 bridgehead atoms. The molecule has 2 rings (SSSR count). The van der Waals surface area contributed by atoms with Crippen molar-refractivity contribution in [2.75, 3.05) is 26.2 Å². The summed E-state index contributed by atoms with van der Waals surface area (Å²) in [7, 11) is 0. The van der Waals surface area contributed by atoms with Crippen LogP contribution in [0.3, 0.4) is 0 Å². The number of hydrogen-bond donors (Lipinski definition) is 1. The number of nitrogens with one attached hydrogen (secondary N) is 1. The number of hydrogen-bond acceptors (Lipinski definition) is 5. The molecule has 7 nitrogen and oxygen atoms in total. The lowest BCUT2D eigenvalue weighted by atomic mass is 9.96. The Morgan fingerprint density at radius 1 is 1.23 bits per heavy atom. The third-order valence-electron chi connectivity index (χ3n) is 4.23. The number of nitrogens with zero attached hydrogens (tertiary/aromatic N) is 1. The lowest BCUT2D eigenvalue weighted by molar-refractivity contribution is -0.127. The Morgan fingerprint density at radius 2 is 1.88 bits per heavy atom. The van der Waals surface area contributed by atoms with Crippen molar-refractivity contribution >= 4 is 18.0 Å². The molecule has 0 atom stereocenters. The summed E-state index contributed by atoms with van der Waals surface area (Å²) >= 11 is 0. The van der Waals surface area contributed by atoms with E-state index in [4.69, 9.17) is 4.74 Å². The van der Waals surface area contributed by atoms with Crippen LogP contribution in [-0.2, 0) is 9.53 Å². The summed E-state index contributed by atoms with van der Waals surface area (Å²) in [6.45, 7) is 7.36. The smallest absolute Gasteiger partial charge is 0.434 e. The SMILES string of the molecule is C=CC(=O)N1CCC(CNC(=O)c2ccc(OC(=O)OCC)cc2)CC1. The number of piperidine rings is 1. The van der Waals surface area contributed by atoms with Crippen LogP contribution in [0.5, 0.6) is 5.75 Å². The van der Waals surface area contributed by atoms with Crippen LogP contribution in [0, 0.1) is 5.92 Å². The quantitative estimate of drug-likeness (QED) is 0.478. The highest BCUT2D eigenvalue weighted by molar-refractivity contribution is 5.94. The first-order chi connectivity index (χ1) is 12.5. The van der Waals surface area contributed by atoms with E-state index in [1.807, 2.05) is 0 Å². The zero-order valence-corrected chi connectivity index (χ0v) is 14.9. The fourth-order valence-corrected chi connectivity index (χ4v) is 2.74. The zero-order chi connectivity index (χ0) is 18.9. The number of carbonyl (C=O) groups excluding carboxylic acids is 3. The van der Waals surface area contributed by atoms with Gasteiger partial charge in [0.05, 0.1) is 6.61 Å². The van der Waals surface area contributed by atoms with Gasteiger partial charge in [-0.1, -0.05) is 6.58 Å². The van der Waals surface area contributed by atoms with Gasteiger partial charge in [-0.2, -0.15) is 0 Å². The number of amides is 2. The van der Waals surface area contributed by atoms with Crippen LogP contribution in [0.1, 0.15) is 30.1 Å². The van der Waals surface area contributed by atoms with Gasteiger partial charge in [0, 0.05) is 25.2 Å². The lowest BCUT2D eigenvalue weighted by Gasteiger charge is -2.31. The third kappa shape index (κ3) is 5.61. The van der Waals surface area contributed by atoms with Crippen LogP contribution >= 0.6 is 0 Å². The van der Waals surface area contributed by atoms with E-state index in [2.05, 4.69) is 16.6 Å². The lowest BCUT2D eigenvalue weighted by Crippen LogP contribution is -2.40. The van der Waals surface area contributed by atoms with Crippen LogP contribution in [0.25, 0.3) is 0 Å². The molecular formula is C19H24N2O5. The number of carbonyl (C=O) groups is 3. The van der Waals surface area contributed by atoms with E-state index in [0.717, 1.165) is 12.8 Å². The van der Waals surface area contributed by atoms with Crippen molar-refractivity contribution in [2.45, 2.75) is 19.8 Å². The van der Waals surface area contributed by atoms with Crippen molar-refractivity contribution in [2.24, 2.45) is 5.92 Å². The van der Waals surface area contributed by atoms with E-state index in [-0.39, 0.29) is 18.4 Å². The fraction of sp³-hybridized carbons (Fsp3) is 0.421. The van der Waals surface area contributed by atoms with Crippen molar-refractivity contribution < 1.29 is 23.9 Å². The molecule has 0 saturated carbocycles. The maximum absolute atomic E-state index is 12.2. The summed E-state index contributed by atoms with van der Waals surface area (Å²) in [6, 6.07) is 6.28. The molecular weight excluding hydrogens is 336 g/mol. The van der Waals surface area contributed by atoms with Crippen LogP contribution in [0.4, 0.5) is 4.79 Å². The Hall–Kier alpha value is -2.83. The van der Waals surface area contributed by atoms with E-state index in [1.54, 1.807) is 36.1 Å². The summed E-state index contributed by atoms with van der Waals surface area (Å²) in [4.78, 5) is 36.8. The Bertz CT molecular complexity index is 648. The fourth-order valence-electron chi connectivity index (χ4n) is 2.74. The highest BCUT2D eigenvalue weighted by atomic mass is 16.7. The Labute approximate surface area is 153 Å². The van der Waals surface area contributed by atoms with Crippen LogP contribution in [-0.4, -0.2) is 49.1 Å². The third-order valence-corrected chi connectivity index (χ3v) is 4.23. The van der Waals surface area contributed by atoms with Crippen molar-refractivity contribution in [1.82, 2.24) is 10.2 Å². The maximum Gasteiger partial charge on any atom is 0.513 e. The molecule has 26 heavy (non-hydrogen) atoms. The molecule has 1 N–H and O–H groups in total. The molecule has 1 fully saturated rings. The topological polar surface area (TPSA) is 84.9 Å². The van der Waals surface area contributed by atoms with E-state index >= 15 is 0 Å². The first kappa shape index (κ1) is 19.5. The molecule has 1 heterocycles. The first-order valence-corrected chi connectivity index (χ1v) is 8.67. The molecule has 1 aromatic carbocycles. The Kier molecular flexibility index (Phi) is 7.20. The van der Waals surface area contributed by atoms with Crippen LogP contribution in [0.15, 0.2) is 36.9 Å². The van der Waals surface area contributed by atoms with Gasteiger partial charge in [-0.05, 0) is 56.0 Å². The van der Waals surface area contributed by atoms with Gasteiger partial charge >= 0.3 is 6.16 Å². The van der Waals surface area contributed by atoms with Crippen molar-refractivity contribution in [3.63, 3.8) is 0 Å². The largest absolute Gasteiger partial charge is 0.513 e. The minimum Gasteiger partial charge on any atom is -0.434 e. The predicted octanol–water partition coefficient (Wildman–Crippen LogP) is 2.38. The Balaban J connectivity index is 1.77. The predicted molar refractivity (Wildman–Crippen MR) is 95.9 cm³/mol. The molecule has 0 radical (unpaired) electrons. The van der Waals surface area contributed by atoms with Gasteiger partial charge in [-0.3, -0.25) is 9.59 Å². The zero-order valence-electron chi connectivity index (χ0n) is 14.9. The van der Waals surface area contributed by atoms with Gasteiger partial charge in [0.15, 0.2) is 0 Å². The van der Waals surface area contributed by atoms with Crippen molar-refractivity contribution in [3.05, 3.63) is 42.5 Å².